The molecule has 18 heteroatoms. The minimum atomic E-state index is -1.93. The summed E-state index contributed by atoms with van der Waals surface area (Å²) in [5, 5.41) is 82.2. The Morgan fingerprint density at radius 2 is 1.43 bits per heavy atom. The van der Waals surface area contributed by atoms with Gasteiger partial charge in [-0.05, 0) is 18.2 Å². The number of hydrogen-bond acceptors (Lipinski definition) is 18. The second-order valence-corrected chi connectivity index (χ2v) is 11.2. The van der Waals surface area contributed by atoms with Gasteiger partial charge in [0.15, 0.2) is 17.3 Å². The Morgan fingerprint density at radius 3 is 2.04 bits per heavy atom. The third kappa shape index (κ3) is 7.09. The third-order valence-corrected chi connectivity index (χ3v) is 8.01. The van der Waals surface area contributed by atoms with Crippen LogP contribution in [0.1, 0.15) is 6.92 Å². The van der Waals surface area contributed by atoms with E-state index in [4.69, 9.17) is 37.6 Å². The molecule has 3 aromatic rings. The van der Waals surface area contributed by atoms with Gasteiger partial charge in [-0.15, -0.1) is 0 Å². The Hall–Kier alpha value is -4.24. The van der Waals surface area contributed by atoms with Crippen molar-refractivity contribution in [1.29, 1.82) is 0 Å². The molecule has 1 aromatic heterocycles. The van der Waals surface area contributed by atoms with E-state index in [1.165, 1.54) is 38.5 Å². The summed E-state index contributed by atoms with van der Waals surface area (Å²) < 4.78 is 44.1. The van der Waals surface area contributed by atoms with Crippen molar-refractivity contribution in [2.45, 2.75) is 68.3 Å². The van der Waals surface area contributed by atoms with Gasteiger partial charge in [0.2, 0.25) is 23.8 Å². The second-order valence-electron chi connectivity index (χ2n) is 11.2. The number of aliphatic hydroxyl groups is 7. The predicted molar refractivity (Wildman–Crippen MR) is 161 cm³/mol. The van der Waals surface area contributed by atoms with Crippen molar-refractivity contribution in [3.05, 3.63) is 40.6 Å². The van der Waals surface area contributed by atoms with Gasteiger partial charge in [-0.25, -0.2) is 0 Å². The summed E-state index contributed by atoms with van der Waals surface area (Å²) >= 11 is 0. The average Bonchev–Trinajstić information content (AvgIpc) is 3.08. The third-order valence-electron chi connectivity index (χ3n) is 8.01. The zero-order chi connectivity index (χ0) is 35.7. The first-order chi connectivity index (χ1) is 23.3. The van der Waals surface area contributed by atoms with E-state index in [9.17, 15) is 50.4 Å². The molecule has 0 bridgehead atoms. The van der Waals surface area contributed by atoms with Crippen LogP contribution in [0.25, 0.3) is 22.3 Å². The maximum Gasteiger partial charge on any atom is 0.302 e. The molecule has 2 fully saturated rings. The molecule has 2 saturated heterocycles. The van der Waals surface area contributed by atoms with Crippen LogP contribution in [-0.2, 0) is 19.0 Å². The van der Waals surface area contributed by atoms with Gasteiger partial charge in [-0.2, -0.15) is 0 Å². The highest BCUT2D eigenvalue weighted by molar-refractivity contribution is 5.88. The fraction of sp³-hybridized carbons (Fsp3) is 0.484. The summed E-state index contributed by atoms with van der Waals surface area (Å²) in [6, 6.07) is 6.46. The Labute approximate surface area is 276 Å². The quantitative estimate of drug-likeness (QED) is 0.108. The van der Waals surface area contributed by atoms with Crippen LogP contribution in [-0.4, -0.2) is 136 Å². The molecule has 5 rings (SSSR count). The number of carbonyl (C=O) groups excluding carboxylic acids is 1. The molecule has 18 nitrogen and oxygen atoms in total. The maximum absolute atomic E-state index is 13.9. The highest BCUT2D eigenvalue weighted by Crippen LogP contribution is 2.41. The van der Waals surface area contributed by atoms with Crippen molar-refractivity contribution in [2.24, 2.45) is 0 Å². The molecule has 2 aliphatic rings. The molecule has 49 heavy (non-hydrogen) atoms. The van der Waals surface area contributed by atoms with Crippen molar-refractivity contribution in [3.63, 3.8) is 0 Å². The smallest absolute Gasteiger partial charge is 0.302 e. The molecule has 0 aliphatic carbocycles. The topological polar surface area (TPSA) is 274 Å². The molecule has 0 unspecified atom stereocenters. The standard InChI is InChI=1S/C31H36O18/c1-11(33)44-10-19-22(36)25(39)27(41)31(48-19)49-29-23(37)20-14(34)7-13(42-2)8-17(20)45-28(29)12-4-5-15(16(6-12)43-3)46-30-26(40)24(38)21(35)18(9-32)47-30/h4-8,18-19,21-22,24-27,30-32,34-36,38-41H,9-10H2,1-3H3/t18-,19-,21-,22-,24+,25+,26-,27-,30-,31+/m1/s1. The number of aromatic hydroxyl groups is 1. The number of benzene rings is 2. The number of rotatable bonds is 10. The fourth-order valence-corrected chi connectivity index (χ4v) is 5.34. The lowest BCUT2D eigenvalue weighted by atomic mass is 9.99. The number of phenolic OH excluding ortho intramolecular Hbond substituents is 1. The van der Waals surface area contributed by atoms with E-state index in [1.807, 2.05) is 0 Å². The predicted octanol–water partition coefficient (Wildman–Crippen LogP) is -1.89. The number of methoxy groups -OCH3 is 2. The molecule has 3 heterocycles. The summed E-state index contributed by atoms with van der Waals surface area (Å²) in [4.78, 5) is 25.3. The second kappa shape index (κ2) is 14.7. The molecule has 0 saturated carbocycles. The Kier molecular flexibility index (Phi) is 10.8. The Balaban J connectivity index is 1.57. The number of carbonyl (C=O) groups is 1. The van der Waals surface area contributed by atoms with Crippen molar-refractivity contribution in [1.82, 2.24) is 0 Å². The Bertz CT molecular complexity index is 1710. The van der Waals surface area contributed by atoms with E-state index in [0.29, 0.717) is 0 Å². The van der Waals surface area contributed by atoms with E-state index in [1.54, 1.807) is 0 Å². The molecule has 8 N–H and O–H groups in total. The number of ether oxygens (including phenoxy) is 7. The number of fused-ring (bicyclic) bond motifs is 1. The number of hydrogen-bond donors (Lipinski definition) is 8. The van der Waals surface area contributed by atoms with Gasteiger partial charge in [0.25, 0.3) is 0 Å². The number of esters is 1. The van der Waals surface area contributed by atoms with Crippen molar-refractivity contribution in [3.8, 4) is 40.1 Å². The molecular formula is C31H36O18. The zero-order valence-corrected chi connectivity index (χ0v) is 26.2. The minimum Gasteiger partial charge on any atom is -0.507 e. The molecule has 268 valence electrons. The number of phenols is 1. The molecule has 2 aromatic carbocycles. The monoisotopic (exact) mass is 696 g/mol. The number of aliphatic hydroxyl groups excluding tert-OH is 7. The lowest BCUT2D eigenvalue weighted by Gasteiger charge is -2.39. The van der Waals surface area contributed by atoms with E-state index >= 15 is 0 Å². The molecule has 10 atom stereocenters. The van der Waals surface area contributed by atoms with E-state index in [-0.39, 0.29) is 39.5 Å². The van der Waals surface area contributed by atoms with Gasteiger partial charge in [-0.3, -0.25) is 9.59 Å². The maximum atomic E-state index is 13.9. The normalized spacial score (nSPS) is 30.1. The van der Waals surface area contributed by atoms with Gasteiger partial charge in [-0.1, -0.05) is 0 Å². The van der Waals surface area contributed by atoms with E-state index in [2.05, 4.69) is 0 Å². The average molecular weight is 697 g/mol. The lowest BCUT2D eigenvalue weighted by Crippen LogP contribution is -2.60. The first-order valence-corrected chi connectivity index (χ1v) is 14.8. The Morgan fingerprint density at radius 1 is 0.796 bits per heavy atom. The highest BCUT2D eigenvalue weighted by Gasteiger charge is 2.47. The van der Waals surface area contributed by atoms with Crippen LogP contribution in [0.2, 0.25) is 0 Å². The highest BCUT2D eigenvalue weighted by atomic mass is 16.7. The van der Waals surface area contributed by atoms with Crippen LogP contribution in [0, 0.1) is 0 Å². The summed E-state index contributed by atoms with van der Waals surface area (Å²) in [6.07, 6.45) is -16.6. The van der Waals surface area contributed by atoms with Gasteiger partial charge in [0.05, 0.1) is 20.8 Å². The molecule has 0 spiro atoms. The minimum absolute atomic E-state index is 0.0365. The van der Waals surface area contributed by atoms with Crippen LogP contribution in [0.15, 0.2) is 39.5 Å². The largest absolute Gasteiger partial charge is 0.507 e. The van der Waals surface area contributed by atoms with Gasteiger partial charge < -0.3 is 78.4 Å². The van der Waals surface area contributed by atoms with E-state index < -0.39 is 97.5 Å². The van der Waals surface area contributed by atoms with Crippen molar-refractivity contribution in [2.75, 3.05) is 27.4 Å². The first kappa shape index (κ1) is 36.1. The summed E-state index contributed by atoms with van der Waals surface area (Å²) in [5.74, 6) is -2.17. The van der Waals surface area contributed by atoms with Gasteiger partial charge >= 0.3 is 5.97 Å². The van der Waals surface area contributed by atoms with Crippen LogP contribution in [0.4, 0.5) is 0 Å². The summed E-state index contributed by atoms with van der Waals surface area (Å²) in [5.41, 5.74) is -1.03. The van der Waals surface area contributed by atoms with E-state index in [0.717, 1.165) is 13.0 Å². The van der Waals surface area contributed by atoms with Crippen LogP contribution in [0.3, 0.4) is 0 Å². The molecule has 0 amide bonds. The fourth-order valence-electron chi connectivity index (χ4n) is 5.34. The molecule has 0 radical (unpaired) electrons. The summed E-state index contributed by atoms with van der Waals surface area (Å²) in [7, 11) is 2.59. The molecule has 2 aliphatic heterocycles. The van der Waals surface area contributed by atoms with Crippen molar-refractivity contribution < 1.29 is 83.2 Å². The lowest BCUT2D eigenvalue weighted by molar-refractivity contribution is -0.278. The SMILES string of the molecule is COc1cc(O)c2c(=O)c(O[C@@H]3O[C@H](COC(C)=O)[C@@H](O)[C@H](O)[C@H]3O)c(-c3ccc(O[C@@H]4O[C@H](CO)[C@@H](O)[C@H](O)[C@H]4O)c(OC)c3)oc2c1. The first-order valence-electron chi connectivity index (χ1n) is 14.8. The van der Waals surface area contributed by atoms with Crippen LogP contribution in [0.5, 0.6) is 28.7 Å². The van der Waals surface area contributed by atoms with Gasteiger partial charge in [0.1, 0.15) is 77.9 Å². The zero-order valence-electron chi connectivity index (χ0n) is 26.2. The van der Waals surface area contributed by atoms with Crippen molar-refractivity contribution >= 4 is 16.9 Å². The van der Waals surface area contributed by atoms with Gasteiger partial charge in [0, 0.05) is 24.6 Å². The molecular weight excluding hydrogens is 660 g/mol. The summed E-state index contributed by atoms with van der Waals surface area (Å²) in [6.45, 7) is -0.116. The van der Waals surface area contributed by atoms with Crippen LogP contribution >= 0.6 is 0 Å². The van der Waals surface area contributed by atoms with Crippen LogP contribution < -0.4 is 24.4 Å².